The molecule has 0 bridgehead atoms. The molecule has 1 saturated heterocycles. The monoisotopic (exact) mass is 238 g/mol. The molecular formula is C14H22O3. The number of carbonyl (C=O) groups excluding carboxylic acids is 1. The van der Waals surface area contributed by atoms with E-state index in [2.05, 4.69) is 13.5 Å². The summed E-state index contributed by atoms with van der Waals surface area (Å²) in [5.41, 5.74) is 0. The van der Waals surface area contributed by atoms with Gasteiger partial charge in [0.1, 0.15) is 0 Å². The molecule has 1 heterocycles. The molecule has 1 aliphatic heterocycles. The fraction of sp³-hybridized carbons (Fsp3) is 0.786. The Balaban J connectivity index is 2.03. The summed E-state index contributed by atoms with van der Waals surface area (Å²) in [5.74, 6) is -0.580. The molecule has 0 aromatic heterocycles. The highest BCUT2D eigenvalue weighted by Gasteiger charge is 2.58. The zero-order valence-electron chi connectivity index (χ0n) is 10.6. The third kappa shape index (κ3) is 2.39. The molecule has 3 heteroatoms. The molecule has 0 aromatic carbocycles. The van der Waals surface area contributed by atoms with E-state index in [0.717, 1.165) is 32.1 Å². The zero-order chi connectivity index (χ0) is 12.3. The Kier molecular flexibility index (Phi) is 3.87. The molecule has 0 radical (unpaired) electrons. The van der Waals surface area contributed by atoms with Crippen LogP contribution < -0.4 is 0 Å². The lowest BCUT2D eigenvalue weighted by atomic mass is 9.73. The van der Waals surface area contributed by atoms with Gasteiger partial charge in [-0.15, -0.1) is 0 Å². The van der Waals surface area contributed by atoms with Crippen molar-refractivity contribution in [3.8, 4) is 0 Å². The molecule has 3 unspecified atom stereocenters. The zero-order valence-corrected chi connectivity index (χ0v) is 10.6. The van der Waals surface area contributed by atoms with Crippen molar-refractivity contribution in [2.24, 2.45) is 5.92 Å². The summed E-state index contributed by atoms with van der Waals surface area (Å²) in [4.78, 5) is 11.4. The highest BCUT2D eigenvalue weighted by Crippen LogP contribution is 2.50. The molecule has 3 atom stereocenters. The van der Waals surface area contributed by atoms with Crippen LogP contribution in [-0.2, 0) is 14.3 Å². The molecule has 2 fully saturated rings. The van der Waals surface area contributed by atoms with E-state index >= 15 is 0 Å². The maximum atomic E-state index is 11.4. The number of carbonyl (C=O) groups is 1. The molecule has 0 aromatic rings. The maximum Gasteiger partial charge on any atom is 0.332 e. The molecule has 1 aliphatic carbocycles. The largest absolute Gasteiger partial charge is 0.429 e. The van der Waals surface area contributed by atoms with Gasteiger partial charge < -0.3 is 9.47 Å². The second kappa shape index (κ2) is 5.21. The average molecular weight is 238 g/mol. The lowest BCUT2D eigenvalue weighted by Crippen LogP contribution is -2.63. The van der Waals surface area contributed by atoms with Gasteiger partial charge in [-0.3, -0.25) is 0 Å². The van der Waals surface area contributed by atoms with Crippen molar-refractivity contribution >= 4 is 5.97 Å². The summed E-state index contributed by atoms with van der Waals surface area (Å²) >= 11 is 0. The Morgan fingerprint density at radius 3 is 2.94 bits per heavy atom. The van der Waals surface area contributed by atoms with Crippen LogP contribution in [0.1, 0.15) is 51.9 Å². The van der Waals surface area contributed by atoms with Crippen LogP contribution in [0.3, 0.4) is 0 Å². The van der Waals surface area contributed by atoms with Gasteiger partial charge in [0.05, 0.1) is 12.0 Å². The quantitative estimate of drug-likeness (QED) is 0.545. The Morgan fingerprint density at radius 2 is 2.29 bits per heavy atom. The topological polar surface area (TPSA) is 35.5 Å². The Bertz CT molecular complexity index is 296. The molecule has 17 heavy (non-hydrogen) atoms. The van der Waals surface area contributed by atoms with E-state index in [9.17, 15) is 4.79 Å². The first-order chi connectivity index (χ1) is 8.22. The van der Waals surface area contributed by atoms with Crippen molar-refractivity contribution in [3.63, 3.8) is 0 Å². The lowest BCUT2D eigenvalue weighted by molar-refractivity contribution is -0.376. The van der Waals surface area contributed by atoms with Crippen LogP contribution in [0.5, 0.6) is 0 Å². The molecule has 2 aliphatic rings. The highest BCUT2D eigenvalue weighted by molar-refractivity contribution is 5.81. The van der Waals surface area contributed by atoms with Crippen molar-refractivity contribution in [2.45, 2.75) is 63.8 Å². The van der Waals surface area contributed by atoms with E-state index in [-0.39, 0.29) is 5.97 Å². The minimum atomic E-state index is -0.633. The van der Waals surface area contributed by atoms with Gasteiger partial charge >= 0.3 is 5.97 Å². The summed E-state index contributed by atoms with van der Waals surface area (Å²) in [6.45, 7) is 5.60. The molecule has 96 valence electrons. The van der Waals surface area contributed by atoms with E-state index < -0.39 is 5.79 Å². The molecule has 1 saturated carbocycles. The minimum absolute atomic E-state index is 0.318. The van der Waals surface area contributed by atoms with Crippen molar-refractivity contribution in [2.75, 3.05) is 0 Å². The first kappa shape index (κ1) is 12.6. The standard InChI is InChI=1S/C14H22O3/c1-3-5-10-14(17-13(15)4-2)11-8-6-7-9-12(11)16-14/h4,11-12H,2-3,5-10H2,1H3. The van der Waals surface area contributed by atoms with Gasteiger partial charge in [-0.25, -0.2) is 4.79 Å². The third-order valence-electron chi connectivity index (χ3n) is 3.94. The SMILES string of the molecule is C=CC(=O)OC1(CCCC)OC2CCCCC21. The van der Waals surface area contributed by atoms with Crippen molar-refractivity contribution in [1.29, 1.82) is 0 Å². The van der Waals surface area contributed by atoms with Gasteiger partial charge in [0, 0.05) is 12.5 Å². The van der Waals surface area contributed by atoms with Crippen LogP contribution in [0.15, 0.2) is 12.7 Å². The molecule has 0 amide bonds. The predicted octanol–water partition coefficient (Wildman–Crippen LogP) is 3.19. The Hall–Kier alpha value is -0.830. The smallest absolute Gasteiger partial charge is 0.332 e. The third-order valence-corrected chi connectivity index (χ3v) is 3.94. The number of ether oxygens (including phenoxy) is 2. The highest BCUT2D eigenvalue weighted by atomic mass is 16.7. The Morgan fingerprint density at radius 1 is 1.53 bits per heavy atom. The molecule has 0 N–H and O–H groups in total. The minimum Gasteiger partial charge on any atom is -0.429 e. The number of hydrogen-bond donors (Lipinski definition) is 0. The summed E-state index contributed by atoms with van der Waals surface area (Å²) in [6, 6.07) is 0. The molecular weight excluding hydrogens is 216 g/mol. The van der Waals surface area contributed by atoms with Gasteiger partial charge in [0.25, 0.3) is 0 Å². The van der Waals surface area contributed by atoms with Crippen LogP contribution >= 0.6 is 0 Å². The van der Waals surface area contributed by atoms with Crippen molar-refractivity contribution < 1.29 is 14.3 Å². The van der Waals surface area contributed by atoms with Crippen molar-refractivity contribution in [1.82, 2.24) is 0 Å². The van der Waals surface area contributed by atoms with Crippen LogP contribution in [0.25, 0.3) is 0 Å². The fourth-order valence-electron chi connectivity index (χ4n) is 3.04. The lowest BCUT2D eigenvalue weighted by Gasteiger charge is -2.55. The number of rotatable bonds is 5. The number of unbranched alkanes of at least 4 members (excludes halogenated alkanes) is 1. The van der Waals surface area contributed by atoms with Crippen LogP contribution in [0, 0.1) is 5.92 Å². The number of esters is 1. The second-order valence-corrected chi connectivity index (χ2v) is 5.09. The van der Waals surface area contributed by atoms with E-state index in [1.807, 2.05) is 0 Å². The van der Waals surface area contributed by atoms with Gasteiger partial charge in [0.15, 0.2) is 0 Å². The molecule has 0 spiro atoms. The summed E-state index contributed by atoms with van der Waals surface area (Å²) in [6.07, 6.45) is 9.20. The first-order valence-corrected chi connectivity index (χ1v) is 6.75. The van der Waals surface area contributed by atoms with E-state index in [4.69, 9.17) is 9.47 Å². The second-order valence-electron chi connectivity index (χ2n) is 5.09. The first-order valence-electron chi connectivity index (χ1n) is 6.75. The number of hydrogen-bond acceptors (Lipinski definition) is 3. The normalized spacial score (nSPS) is 35.6. The number of fused-ring (bicyclic) bond motifs is 1. The van der Waals surface area contributed by atoms with Gasteiger partial charge in [0.2, 0.25) is 5.79 Å². The molecule has 3 nitrogen and oxygen atoms in total. The van der Waals surface area contributed by atoms with Crippen LogP contribution in [0.4, 0.5) is 0 Å². The summed E-state index contributed by atoms with van der Waals surface area (Å²) < 4.78 is 11.4. The molecule has 2 rings (SSSR count). The fourth-order valence-corrected chi connectivity index (χ4v) is 3.04. The van der Waals surface area contributed by atoms with Crippen LogP contribution in [-0.4, -0.2) is 17.9 Å². The Labute approximate surface area is 103 Å². The predicted molar refractivity (Wildman–Crippen MR) is 65.4 cm³/mol. The van der Waals surface area contributed by atoms with E-state index in [1.54, 1.807) is 0 Å². The van der Waals surface area contributed by atoms with Gasteiger partial charge in [-0.05, 0) is 19.3 Å². The average Bonchev–Trinajstić information content (AvgIpc) is 2.34. The van der Waals surface area contributed by atoms with Crippen molar-refractivity contribution in [3.05, 3.63) is 12.7 Å². The summed E-state index contributed by atoms with van der Waals surface area (Å²) in [5, 5.41) is 0. The van der Waals surface area contributed by atoms with Gasteiger partial charge in [-0.1, -0.05) is 32.8 Å². The van der Waals surface area contributed by atoms with Gasteiger partial charge in [-0.2, -0.15) is 0 Å². The summed E-state index contributed by atoms with van der Waals surface area (Å²) in [7, 11) is 0. The van der Waals surface area contributed by atoms with E-state index in [0.29, 0.717) is 12.0 Å². The maximum absolute atomic E-state index is 11.4. The van der Waals surface area contributed by atoms with Crippen LogP contribution in [0.2, 0.25) is 0 Å². The van der Waals surface area contributed by atoms with E-state index in [1.165, 1.54) is 18.9 Å².